The third-order valence-corrected chi connectivity index (χ3v) is 3.36. The van der Waals surface area contributed by atoms with Gasteiger partial charge in [0.25, 0.3) is 0 Å². The molecule has 0 aliphatic heterocycles. The van der Waals surface area contributed by atoms with E-state index in [2.05, 4.69) is 15.9 Å². The second-order valence-electron chi connectivity index (χ2n) is 3.39. The monoisotopic (exact) mass is 292 g/mol. The number of aliphatic hydroxyl groups is 1. The van der Waals surface area contributed by atoms with Gasteiger partial charge in [-0.3, -0.25) is 0 Å². The van der Waals surface area contributed by atoms with Crippen molar-refractivity contribution in [2.24, 2.45) is 0 Å². The fourth-order valence-electron chi connectivity index (χ4n) is 1.29. The number of hydrogen-bond donors (Lipinski definition) is 1. The summed E-state index contributed by atoms with van der Waals surface area (Å²) in [5.74, 6) is 0.682. The molecule has 15 heavy (non-hydrogen) atoms. The van der Waals surface area contributed by atoms with E-state index in [-0.39, 0.29) is 11.9 Å². The van der Waals surface area contributed by atoms with Gasteiger partial charge in [-0.2, -0.15) is 11.8 Å². The first-order valence-electron chi connectivity index (χ1n) is 4.74. The first-order chi connectivity index (χ1) is 7.13. The summed E-state index contributed by atoms with van der Waals surface area (Å²) in [6.45, 7) is 0. The molecule has 0 saturated heterocycles. The lowest BCUT2D eigenvalue weighted by atomic mass is 10.1. The fourth-order valence-corrected chi connectivity index (χ4v) is 2.23. The summed E-state index contributed by atoms with van der Waals surface area (Å²) in [4.78, 5) is 0. The van der Waals surface area contributed by atoms with Crippen molar-refractivity contribution < 1.29 is 9.50 Å². The Balaban J connectivity index is 2.53. The molecule has 1 atom stereocenters. The van der Waals surface area contributed by atoms with Crippen LogP contribution in [0.1, 0.15) is 12.0 Å². The van der Waals surface area contributed by atoms with Crippen LogP contribution in [0.15, 0.2) is 22.7 Å². The van der Waals surface area contributed by atoms with E-state index in [9.17, 15) is 9.50 Å². The summed E-state index contributed by atoms with van der Waals surface area (Å²) in [5.41, 5.74) is 0.955. The fraction of sp³-hybridized carbons (Fsp3) is 0.455. The van der Waals surface area contributed by atoms with Gasteiger partial charge in [-0.25, -0.2) is 4.39 Å². The number of aliphatic hydroxyl groups excluding tert-OH is 1. The van der Waals surface area contributed by atoms with Crippen LogP contribution in [-0.2, 0) is 6.42 Å². The zero-order valence-corrected chi connectivity index (χ0v) is 10.9. The summed E-state index contributed by atoms with van der Waals surface area (Å²) in [7, 11) is 0. The van der Waals surface area contributed by atoms with Crippen LogP contribution < -0.4 is 0 Å². The number of thioether (sulfide) groups is 1. The molecule has 1 aromatic rings. The SMILES string of the molecule is CSCCC(O)Cc1ccc(F)c(Br)c1. The number of halogens is 2. The molecule has 0 aliphatic carbocycles. The Labute approximate surface area is 102 Å². The van der Waals surface area contributed by atoms with Crippen LogP contribution >= 0.6 is 27.7 Å². The maximum Gasteiger partial charge on any atom is 0.137 e. The lowest BCUT2D eigenvalue weighted by Gasteiger charge is -2.10. The third kappa shape index (κ3) is 4.53. The molecule has 1 rings (SSSR count). The molecule has 84 valence electrons. The number of hydrogen-bond acceptors (Lipinski definition) is 2. The summed E-state index contributed by atoms with van der Waals surface area (Å²) < 4.78 is 13.4. The van der Waals surface area contributed by atoms with Gasteiger partial charge in [0.15, 0.2) is 0 Å². The second-order valence-corrected chi connectivity index (χ2v) is 5.23. The molecular formula is C11H14BrFOS. The quantitative estimate of drug-likeness (QED) is 0.899. The van der Waals surface area contributed by atoms with Crippen molar-refractivity contribution >= 4 is 27.7 Å². The van der Waals surface area contributed by atoms with Gasteiger partial charge in [-0.05, 0) is 58.5 Å². The summed E-state index contributed by atoms with van der Waals surface area (Å²) in [5, 5.41) is 9.67. The van der Waals surface area contributed by atoms with Gasteiger partial charge in [0.2, 0.25) is 0 Å². The van der Waals surface area contributed by atoms with Gasteiger partial charge in [-0.15, -0.1) is 0 Å². The zero-order chi connectivity index (χ0) is 11.3. The predicted molar refractivity (Wildman–Crippen MR) is 66.8 cm³/mol. The summed E-state index contributed by atoms with van der Waals surface area (Å²) in [6.07, 6.45) is 3.03. The molecule has 0 heterocycles. The van der Waals surface area contributed by atoms with Gasteiger partial charge >= 0.3 is 0 Å². The molecule has 0 fully saturated rings. The molecule has 1 N–H and O–H groups in total. The molecular weight excluding hydrogens is 279 g/mol. The predicted octanol–water partition coefficient (Wildman–Crippen LogP) is 3.24. The average molecular weight is 293 g/mol. The van der Waals surface area contributed by atoms with Crippen molar-refractivity contribution in [2.75, 3.05) is 12.0 Å². The summed E-state index contributed by atoms with van der Waals surface area (Å²) >= 11 is 4.84. The van der Waals surface area contributed by atoms with E-state index in [1.807, 2.05) is 6.26 Å². The van der Waals surface area contributed by atoms with Crippen molar-refractivity contribution in [2.45, 2.75) is 18.9 Å². The molecule has 0 aliphatic rings. The van der Waals surface area contributed by atoms with Crippen LogP contribution in [-0.4, -0.2) is 23.2 Å². The highest BCUT2D eigenvalue weighted by atomic mass is 79.9. The first kappa shape index (κ1) is 13.0. The Kier molecular flexibility index (Phi) is 5.64. The lowest BCUT2D eigenvalue weighted by molar-refractivity contribution is 0.172. The summed E-state index contributed by atoms with van der Waals surface area (Å²) in [6, 6.07) is 4.85. The van der Waals surface area contributed by atoms with E-state index < -0.39 is 0 Å². The van der Waals surface area contributed by atoms with Crippen molar-refractivity contribution in [3.8, 4) is 0 Å². The van der Waals surface area contributed by atoms with Crippen LogP contribution in [0.2, 0.25) is 0 Å². The molecule has 1 aromatic carbocycles. The Hall–Kier alpha value is -0.0600. The molecule has 1 nitrogen and oxygen atoms in total. The van der Waals surface area contributed by atoms with Gasteiger partial charge < -0.3 is 5.11 Å². The van der Waals surface area contributed by atoms with Crippen molar-refractivity contribution in [3.63, 3.8) is 0 Å². The third-order valence-electron chi connectivity index (χ3n) is 2.11. The molecule has 4 heteroatoms. The van der Waals surface area contributed by atoms with E-state index in [0.717, 1.165) is 17.7 Å². The minimum absolute atomic E-state index is 0.266. The van der Waals surface area contributed by atoms with Crippen molar-refractivity contribution in [1.82, 2.24) is 0 Å². The van der Waals surface area contributed by atoms with Gasteiger partial charge in [0.05, 0.1) is 10.6 Å². The highest BCUT2D eigenvalue weighted by Gasteiger charge is 2.07. The van der Waals surface area contributed by atoms with Crippen LogP contribution in [0.3, 0.4) is 0 Å². The van der Waals surface area contributed by atoms with E-state index in [1.54, 1.807) is 23.9 Å². The molecule has 0 spiro atoms. The number of rotatable bonds is 5. The normalized spacial score (nSPS) is 12.8. The first-order valence-corrected chi connectivity index (χ1v) is 6.93. The van der Waals surface area contributed by atoms with Crippen molar-refractivity contribution in [1.29, 1.82) is 0 Å². The van der Waals surface area contributed by atoms with Crippen LogP contribution in [0.5, 0.6) is 0 Å². The highest BCUT2D eigenvalue weighted by Crippen LogP contribution is 2.18. The van der Waals surface area contributed by atoms with Gasteiger partial charge in [0, 0.05) is 0 Å². The maximum atomic E-state index is 12.9. The molecule has 0 amide bonds. The van der Waals surface area contributed by atoms with Gasteiger partial charge in [0.1, 0.15) is 5.82 Å². The molecule has 0 saturated carbocycles. The van der Waals surface area contributed by atoms with Crippen molar-refractivity contribution in [3.05, 3.63) is 34.1 Å². The van der Waals surface area contributed by atoms with E-state index in [1.165, 1.54) is 6.07 Å². The molecule has 0 radical (unpaired) electrons. The standard InChI is InChI=1S/C11H14BrFOS/c1-15-5-4-9(14)6-8-2-3-11(13)10(12)7-8/h2-3,7,9,14H,4-6H2,1H3. The Morgan fingerprint density at radius 1 is 1.53 bits per heavy atom. The van der Waals surface area contributed by atoms with E-state index in [4.69, 9.17) is 0 Å². The average Bonchev–Trinajstić information content (AvgIpc) is 2.20. The maximum absolute atomic E-state index is 12.9. The minimum atomic E-state index is -0.338. The molecule has 1 unspecified atom stereocenters. The largest absolute Gasteiger partial charge is 0.393 e. The Bertz CT molecular complexity index is 319. The zero-order valence-electron chi connectivity index (χ0n) is 8.54. The van der Waals surface area contributed by atoms with E-state index >= 15 is 0 Å². The van der Waals surface area contributed by atoms with Crippen LogP contribution in [0, 0.1) is 5.82 Å². The molecule has 0 aromatic heterocycles. The topological polar surface area (TPSA) is 20.2 Å². The van der Waals surface area contributed by atoms with Crippen LogP contribution in [0.4, 0.5) is 4.39 Å². The minimum Gasteiger partial charge on any atom is -0.393 e. The lowest BCUT2D eigenvalue weighted by Crippen LogP contribution is -2.11. The smallest absolute Gasteiger partial charge is 0.137 e. The van der Waals surface area contributed by atoms with Crippen LogP contribution in [0.25, 0.3) is 0 Å². The molecule has 0 bridgehead atoms. The Morgan fingerprint density at radius 2 is 2.27 bits per heavy atom. The van der Waals surface area contributed by atoms with E-state index in [0.29, 0.717) is 10.9 Å². The van der Waals surface area contributed by atoms with Gasteiger partial charge in [-0.1, -0.05) is 6.07 Å². The Morgan fingerprint density at radius 3 is 2.87 bits per heavy atom. The highest BCUT2D eigenvalue weighted by molar-refractivity contribution is 9.10. The number of benzene rings is 1. The second kappa shape index (κ2) is 6.51.